The lowest BCUT2D eigenvalue weighted by atomic mass is 10.1. The van der Waals surface area contributed by atoms with Crippen molar-refractivity contribution in [1.29, 1.82) is 0 Å². The molecule has 0 saturated heterocycles. The fourth-order valence-corrected chi connectivity index (χ4v) is 3.10. The average Bonchev–Trinajstić information content (AvgIpc) is 2.61. The van der Waals surface area contributed by atoms with Gasteiger partial charge in [0.2, 0.25) is 5.91 Å². The minimum Gasteiger partial charge on any atom is -0.507 e. The summed E-state index contributed by atoms with van der Waals surface area (Å²) in [5.74, 6) is -0.967. The summed E-state index contributed by atoms with van der Waals surface area (Å²) in [7, 11) is 0. The van der Waals surface area contributed by atoms with Gasteiger partial charge in [0.1, 0.15) is 5.75 Å². The predicted molar refractivity (Wildman–Crippen MR) is 105 cm³/mol. The molecule has 2 amide bonds. The van der Waals surface area contributed by atoms with Crippen LogP contribution in [0.5, 0.6) is 5.75 Å². The van der Waals surface area contributed by atoms with E-state index < -0.39 is 5.91 Å². The number of phenolic OH excluding ortho intramolecular Hbond substituents is 1. The number of benzene rings is 3. The lowest BCUT2D eigenvalue weighted by Crippen LogP contribution is -2.33. The van der Waals surface area contributed by atoms with Crippen molar-refractivity contribution in [3.05, 3.63) is 70.2 Å². The molecule has 6 heteroatoms. The first-order valence-electron chi connectivity index (χ1n) is 8.00. The predicted octanol–water partition coefficient (Wildman–Crippen LogP) is 3.98. The second-order valence-electron chi connectivity index (χ2n) is 5.91. The van der Waals surface area contributed by atoms with Crippen molar-refractivity contribution in [1.82, 2.24) is 5.32 Å². The summed E-state index contributed by atoms with van der Waals surface area (Å²) in [6.07, 6.45) is 0. The molecule has 0 aliphatic rings. The van der Waals surface area contributed by atoms with E-state index in [0.717, 1.165) is 20.8 Å². The number of anilines is 1. The number of amides is 2. The van der Waals surface area contributed by atoms with Crippen molar-refractivity contribution in [2.24, 2.45) is 0 Å². The highest BCUT2D eigenvalue weighted by atomic mass is 79.9. The molecule has 0 radical (unpaired) electrons. The number of fused-ring (bicyclic) bond motifs is 1. The van der Waals surface area contributed by atoms with E-state index in [1.54, 1.807) is 12.1 Å². The summed E-state index contributed by atoms with van der Waals surface area (Å²) in [5.41, 5.74) is 1.73. The number of carbonyl (C=O) groups excluding carboxylic acids is 2. The van der Waals surface area contributed by atoms with Gasteiger partial charge in [0, 0.05) is 10.2 Å². The molecular weight excluding hydrogens is 396 g/mol. The molecule has 3 N–H and O–H groups in total. The summed E-state index contributed by atoms with van der Waals surface area (Å²) in [5, 5.41) is 17.0. The number of rotatable bonds is 4. The first-order valence-corrected chi connectivity index (χ1v) is 8.79. The summed E-state index contributed by atoms with van der Waals surface area (Å²) in [4.78, 5) is 24.4. The van der Waals surface area contributed by atoms with Gasteiger partial charge in [-0.15, -0.1) is 0 Å². The number of carbonyl (C=O) groups is 2. The highest BCUT2D eigenvalue weighted by molar-refractivity contribution is 9.10. The smallest absolute Gasteiger partial charge is 0.255 e. The van der Waals surface area contributed by atoms with Gasteiger partial charge in [-0.25, -0.2) is 0 Å². The van der Waals surface area contributed by atoms with Crippen molar-refractivity contribution in [2.45, 2.75) is 6.92 Å². The molecule has 0 fully saturated rings. The van der Waals surface area contributed by atoms with Gasteiger partial charge < -0.3 is 15.7 Å². The van der Waals surface area contributed by atoms with Gasteiger partial charge in [-0.2, -0.15) is 0 Å². The van der Waals surface area contributed by atoms with Crippen LogP contribution in [0.25, 0.3) is 10.8 Å². The Morgan fingerprint density at radius 1 is 1.04 bits per heavy atom. The Hall–Kier alpha value is -2.86. The van der Waals surface area contributed by atoms with Crippen molar-refractivity contribution < 1.29 is 14.7 Å². The Kier molecular flexibility index (Phi) is 5.23. The van der Waals surface area contributed by atoms with E-state index >= 15 is 0 Å². The van der Waals surface area contributed by atoms with Crippen LogP contribution in [0.1, 0.15) is 15.9 Å². The summed E-state index contributed by atoms with van der Waals surface area (Å²) >= 11 is 3.37. The van der Waals surface area contributed by atoms with Crippen LogP contribution in [-0.4, -0.2) is 23.5 Å². The van der Waals surface area contributed by atoms with Crippen LogP contribution in [-0.2, 0) is 4.79 Å². The molecule has 0 aromatic heterocycles. The first kappa shape index (κ1) is 17.9. The number of halogens is 1. The number of nitrogens with one attached hydrogen (secondary N) is 2. The molecule has 0 heterocycles. The monoisotopic (exact) mass is 412 g/mol. The summed E-state index contributed by atoms with van der Waals surface area (Å²) in [6.45, 7) is 1.69. The van der Waals surface area contributed by atoms with Crippen LogP contribution in [0.4, 0.5) is 5.69 Å². The van der Waals surface area contributed by atoms with Gasteiger partial charge in [-0.1, -0.05) is 40.2 Å². The van der Waals surface area contributed by atoms with Crippen LogP contribution in [0.3, 0.4) is 0 Å². The van der Waals surface area contributed by atoms with E-state index in [1.807, 2.05) is 43.3 Å². The molecular formula is C20H17BrN2O3. The van der Waals surface area contributed by atoms with Gasteiger partial charge in [-0.3, -0.25) is 9.59 Å². The van der Waals surface area contributed by atoms with E-state index in [0.29, 0.717) is 5.69 Å². The standard InChI is InChI=1S/C20H17BrN2O3/c1-12-8-15(21)6-7-17(12)23-19(25)11-22-20(26)16-9-13-4-2-3-5-14(13)10-18(16)24/h2-10,24H,11H2,1H3,(H,22,26)(H,23,25). The van der Waals surface area contributed by atoms with Crippen molar-refractivity contribution in [3.8, 4) is 5.75 Å². The topological polar surface area (TPSA) is 78.4 Å². The molecule has 0 atom stereocenters. The lowest BCUT2D eigenvalue weighted by Gasteiger charge is -2.11. The van der Waals surface area contributed by atoms with E-state index in [9.17, 15) is 14.7 Å². The van der Waals surface area contributed by atoms with Gasteiger partial charge in [0.15, 0.2) is 0 Å². The van der Waals surface area contributed by atoms with Crippen LogP contribution in [0.15, 0.2) is 59.1 Å². The Labute approximate surface area is 159 Å². The zero-order valence-electron chi connectivity index (χ0n) is 14.0. The molecule has 3 aromatic carbocycles. The quantitative estimate of drug-likeness (QED) is 0.606. The van der Waals surface area contributed by atoms with Crippen molar-refractivity contribution >= 4 is 44.2 Å². The molecule has 0 bridgehead atoms. The van der Waals surface area contributed by atoms with E-state index in [-0.39, 0.29) is 23.8 Å². The van der Waals surface area contributed by atoms with Gasteiger partial charge in [-0.05, 0) is 53.6 Å². The molecule has 3 rings (SSSR count). The normalized spacial score (nSPS) is 10.5. The third-order valence-electron chi connectivity index (χ3n) is 3.98. The zero-order chi connectivity index (χ0) is 18.7. The van der Waals surface area contributed by atoms with E-state index in [2.05, 4.69) is 26.6 Å². The Morgan fingerprint density at radius 2 is 1.73 bits per heavy atom. The highest BCUT2D eigenvalue weighted by Gasteiger charge is 2.14. The minimum atomic E-state index is -0.504. The van der Waals surface area contributed by atoms with Gasteiger partial charge in [0.05, 0.1) is 12.1 Å². The Balaban J connectivity index is 1.66. The third-order valence-corrected chi connectivity index (χ3v) is 4.47. The molecule has 0 aliphatic heterocycles. The number of hydrogen-bond acceptors (Lipinski definition) is 3. The van der Waals surface area contributed by atoms with Crippen molar-refractivity contribution in [2.75, 3.05) is 11.9 Å². The Bertz CT molecular complexity index is 1000. The maximum Gasteiger partial charge on any atom is 0.255 e. The van der Waals surface area contributed by atoms with Gasteiger partial charge >= 0.3 is 0 Å². The summed E-state index contributed by atoms with van der Waals surface area (Å²) < 4.78 is 0.924. The van der Waals surface area contributed by atoms with Gasteiger partial charge in [0.25, 0.3) is 5.91 Å². The van der Waals surface area contributed by atoms with E-state index in [4.69, 9.17) is 0 Å². The molecule has 0 spiro atoms. The molecule has 0 saturated carbocycles. The molecule has 0 aliphatic carbocycles. The number of aryl methyl sites for hydroxylation is 1. The second kappa shape index (κ2) is 7.58. The fourth-order valence-electron chi connectivity index (χ4n) is 2.63. The summed E-state index contributed by atoms with van der Waals surface area (Å²) in [6, 6.07) is 16.1. The fraction of sp³-hybridized carbons (Fsp3) is 0.100. The first-order chi connectivity index (χ1) is 12.4. The maximum atomic E-state index is 12.3. The van der Waals surface area contributed by atoms with Crippen LogP contribution in [0, 0.1) is 6.92 Å². The third kappa shape index (κ3) is 4.03. The molecule has 0 unspecified atom stereocenters. The SMILES string of the molecule is Cc1cc(Br)ccc1NC(=O)CNC(=O)c1cc2ccccc2cc1O. The second-order valence-corrected chi connectivity index (χ2v) is 6.82. The molecule has 26 heavy (non-hydrogen) atoms. The highest BCUT2D eigenvalue weighted by Crippen LogP contribution is 2.25. The lowest BCUT2D eigenvalue weighted by molar-refractivity contribution is -0.115. The largest absolute Gasteiger partial charge is 0.507 e. The number of hydrogen-bond donors (Lipinski definition) is 3. The number of aromatic hydroxyl groups is 1. The minimum absolute atomic E-state index is 0.120. The maximum absolute atomic E-state index is 12.3. The van der Waals surface area contributed by atoms with Crippen LogP contribution >= 0.6 is 15.9 Å². The van der Waals surface area contributed by atoms with E-state index in [1.165, 1.54) is 6.07 Å². The molecule has 132 valence electrons. The number of phenols is 1. The van der Waals surface area contributed by atoms with Crippen LogP contribution < -0.4 is 10.6 Å². The zero-order valence-corrected chi connectivity index (χ0v) is 15.6. The molecule has 5 nitrogen and oxygen atoms in total. The average molecular weight is 413 g/mol. The van der Waals surface area contributed by atoms with Crippen LogP contribution in [0.2, 0.25) is 0 Å². The molecule has 3 aromatic rings. The van der Waals surface area contributed by atoms with Crippen molar-refractivity contribution in [3.63, 3.8) is 0 Å². The Morgan fingerprint density at radius 3 is 2.42 bits per heavy atom.